The average molecular weight is 558 g/mol. The Balaban J connectivity index is 0.00000400. The van der Waals surface area contributed by atoms with E-state index in [-0.39, 0.29) is 18.3 Å². The number of anilines is 1. The van der Waals surface area contributed by atoms with E-state index in [2.05, 4.69) is 24.1 Å². The van der Waals surface area contributed by atoms with Crippen LogP contribution >= 0.6 is 24.0 Å². The van der Waals surface area contributed by atoms with Gasteiger partial charge < -0.3 is 19.7 Å². The number of benzene rings is 3. The largest absolute Gasteiger partial charge is 0.497 e. The van der Waals surface area contributed by atoms with Gasteiger partial charge in [0.25, 0.3) is 5.91 Å². The fourth-order valence-corrected chi connectivity index (χ4v) is 4.29. The highest BCUT2D eigenvalue weighted by molar-refractivity contribution is 6.30. The maximum atomic E-state index is 12.8. The van der Waals surface area contributed by atoms with Crippen molar-refractivity contribution in [2.75, 3.05) is 38.7 Å². The Labute approximate surface area is 235 Å². The molecule has 1 heterocycles. The second kappa shape index (κ2) is 14.0. The number of nitrogens with zero attached hydrogens (tertiary/aromatic N) is 3. The van der Waals surface area contributed by atoms with Gasteiger partial charge >= 0.3 is 0 Å². The number of carbonyl (C=O) groups is 1. The molecule has 0 atom stereocenters. The van der Waals surface area contributed by atoms with Crippen molar-refractivity contribution in [3.8, 4) is 11.6 Å². The minimum absolute atomic E-state index is 0. The number of hydrogen-bond acceptors (Lipinski definition) is 5. The molecule has 0 radical (unpaired) electrons. The predicted octanol–water partition coefficient (Wildman–Crippen LogP) is 6.53. The van der Waals surface area contributed by atoms with Gasteiger partial charge in [-0.15, -0.1) is 17.5 Å². The van der Waals surface area contributed by atoms with Crippen molar-refractivity contribution in [3.05, 3.63) is 82.9 Å². The first kappa shape index (κ1) is 29.3. The third kappa shape index (κ3) is 7.40. The van der Waals surface area contributed by atoms with Crippen molar-refractivity contribution >= 4 is 46.5 Å². The first-order chi connectivity index (χ1) is 18.0. The minimum atomic E-state index is -0.197. The van der Waals surface area contributed by atoms with Crippen molar-refractivity contribution in [3.63, 3.8) is 0 Å². The van der Waals surface area contributed by atoms with Crippen LogP contribution in [0.4, 0.5) is 5.69 Å². The van der Waals surface area contributed by atoms with E-state index in [1.807, 2.05) is 47.1 Å². The van der Waals surface area contributed by atoms with Crippen LogP contribution in [0.2, 0.25) is 5.02 Å². The molecule has 0 saturated carbocycles. The summed E-state index contributed by atoms with van der Waals surface area (Å²) in [6.07, 6.45) is 0.904. The molecule has 0 spiro atoms. The van der Waals surface area contributed by atoms with Gasteiger partial charge in [0.1, 0.15) is 5.75 Å². The fraction of sp³-hybridized carbons (Fsp3) is 0.310. The second-order valence-corrected chi connectivity index (χ2v) is 9.17. The van der Waals surface area contributed by atoms with Gasteiger partial charge in [0.05, 0.1) is 31.2 Å². The molecule has 0 aliphatic heterocycles. The van der Waals surface area contributed by atoms with Gasteiger partial charge in [-0.1, -0.05) is 37.6 Å². The van der Waals surface area contributed by atoms with Gasteiger partial charge in [0, 0.05) is 22.8 Å². The SMILES string of the molecule is CCN(CC)CCCOc1nn(Cc2ccc(Cl)cc2)c2ccc(NC(=O)c3ccc(OC)cc3)cc12.Cl. The number of fused-ring (bicyclic) bond motifs is 1. The summed E-state index contributed by atoms with van der Waals surface area (Å²) in [5.74, 6) is 1.06. The van der Waals surface area contributed by atoms with Gasteiger partial charge in [-0.05, 0) is 79.7 Å². The van der Waals surface area contributed by atoms with Crippen molar-refractivity contribution in [1.82, 2.24) is 14.7 Å². The number of amides is 1. The van der Waals surface area contributed by atoms with Crippen LogP contribution in [0.15, 0.2) is 66.7 Å². The molecule has 1 N–H and O–H groups in total. The number of methoxy groups -OCH3 is 1. The molecular formula is C29H34Cl2N4O3. The van der Waals surface area contributed by atoms with Gasteiger partial charge in [-0.25, -0.2) is 0 Å². The lowest BCUT2D eigenvalue weighted by Gasteiger charge is -2.17. The quantitative estimate of drug-likeness (QED) is 0.201. The van der Waals surface area contributed by atoms with E-state index < -0.39 is 0 Å². The van der Waals surface area contributed by atoms with Crippen molar-refractivity contribution in [1.29, 1.82) is 0 Å². The summed E-state index contributed by atoms with van der Waals surface area (Å²) >= 11 is 6.06. The molecule has 0 unspecified atom stereocenters. The van der Waals surface area contributed by atoms with Crippen LogP contribution < -0.4 is 14.8 Å². The van der Waals surface area contributed by atoms with Crippen LogP contribution in [0, 0.1) is 0 Å². The summed E-state index contributed by atoms with van der Waals surface area (Å²) in [6.45, 7) is 8.48. The standard InChI is InChI=1S/C29H33ClN4O3.ClH/c1-4-33(5-2)17-6-18-37-29-26-19-24(31-28(35)22-9-14-25(36-3)15-10-22)13-16-27(26)34(32-29)20-21-7-11-23(30)12-8-21;/h7-16,19H,4-6,17-18,20H2,1-3H3,(H,31,35);1H. The smallest absolute Gasteiger partial charge is 0.255 e. The highest BCUT2D eigenvalue weighted by Gasteiger charge is 2.15. The molecule has 0 fully saturated rings. The van der Waals surface area contributed by atoms with E-state index in [0.29, 0.717) is 41.1 Å². The number of hydrogen-bond donors (Lipinski definition) is 1. The van der Waals surface area contributed by atoms with Gasteiger partial charge in [0.15, 0.2) is 0 Å². The van der Waals surface area contributed by atoms with E-state index in [1.54, 1.807) is 31.4 Å². The summed E-state index contributed by atoms with van der Waals surface area (Å²) < 4.78 is 13.3. The van der Waals surface area contributed by atoms with E-state index >= 15 is 0 Å². The lowest BCUT2D eigenvalue weighted by Crippen LogP contribution is -2.25. The van der Waals surface area contributed by atoms with Crippen LogP contribution in [-0.4, -0.2) is 53.9 Å². The Morgan fingerprint density at radius 1 is 1.03 bits per heavy atom. The van der Waals surface area contributed by atoms with Crippen LogP contribution in [0.5, 0.6) is 11.6 Å². The van der Waals surface area contributed by atoms with E-state index in [0.717, 1.165) is 42.5 Å². The number of carbonyl (C=O) groups excluding carboxylic acids is 1. The molecule has 7 nitrogen and oxygen atoms in total. The third-order valence-corrected chi connectivity index (χ3v) is 6.58. The van der Waals surface area contributed by atoms with Crippen molar-refractivity contribution in [2.24, 2.45) is 0 Å². The zero-order valence-electron chi connectivity index (χ0n) is 21.9. The molecule has 9 heteroatoms. The molecule has 0 aliphatic rings. The molecule has 0 bridgehead atoms. The fourth-order valence-electron chi connectivity index (χ4n) is 4.16. The highest BCUT2D eigenvalue weighted by atomic mass is 35.5. The molecule has 0 aliphatic carbocycles. The number of ether oxygens (including phenoxy) is 2. The lowest BCUT2D eigenvalue weighted by molar-refractivity contribution is 0.102. The monoisotopic (exact) mass is 556 g/mol. The first-order valence-electron chi connectivity index (χ1n) is 12.6. The summed E-state index contributed by atoms with van der Waals surface area (Å²) in [4.78, 5) is 15.2. The second-order valence-electron chi connectivity index (χ2n) is 8.73. The van der Waals surface area contributed by atoms with Crippen molar-refractivity contribution < 1.29 is 14.3 Å². The highest BCUT2D eigenvalue weighted by Crippen LogP contribution is 2.29. The Morgan fingerprint density at radius 2 is 1.74 bits per heavy atom. The summed E-state index contributed by atoms with van der Waals surface area (Å²) in [5, 5.41) is 9.32. The van der Waals surface area contributed by atoms with E-state index in [1.165, 1.54) is 0 Å². The molecule has 0 saturated heterocycles. The van der Waals surface area contributed by atoms with Crippen LogP contribution in [0.1, 0.15) is 36.2 Å². The molecule has 202 valence electrons. The Hall–Kier alpha value is -3.26. The van der Waals surface area contributed by atoms with E-state index in [9.17, 15) is 4.79 Å². The van der Waals surface area contributed by atoms with Crippen molar-refractivity contribution in [2.45, 2.75) is 26.8 Å². The van der Waals surface area contributed by atoms with Gasteiger partial charge in [0.2, 0.25) is 5.88 Å². The number of rotatable bonds is 12. The van der Waals surface area contributed by atoms with Crippen LogP contribution in [-0.2, 0) is 6.54 Å². The first-order valence-corrected chi connectivity index (χ1v) is 12.9. The average Bonchev–Trinajstić information content (AvgIpc) is 3.26. The zero-order valence-corrected chi connectivity index (χ0v) is 23.5. The predicted molar refractivity (Wildman–Crippen MR) is 156 cm³/mol. The Kier molecular flexibility index (Phi) is 10.8. The van der Waals surface area contributed by atoms with E-state index in [4.69, 9.17) is 26.2 Å². The number of halogens is 2. The summed E-state index contributed by atoms with van der Waals surface area (Å²) in [7, 11) is 1.60. The summed E-state index contributed by atoms with van der Waals surface area (Å²) in [6, 6.07) is 20.5. The number of aromatic nitrogens is 2. The Morgan fingerprint density at radius 3 is 2.39 bits per heavy atom. The molecule has 3 aromatic carbocycles. The number of nitrogens with one attached hydrogen (secondary N) is 1. The molecule has 4 aromatic rings. The topological polar surface area (TPSA) is 68.6 Å². The Bertz CT molecular complexity index is 1320. The molecular weight excluding hydrogens is 523 g/mol. The molecule has 38 heavy (non-hydrogen) atoms. The third-order valence-electron chi connectivity index (χ3n) is 6.32. The normalized spacial score (nSPS) is 10.9. The molecule has 1 aromatic heterocycles. The maximum absolute atomic E-state index is 12.8. The molecule has 1 amide bonds. The van der Waals surface area contributed by atoms with Gasteiger partial charge in [-0.3, -0.25) is 9.48 Å². The van der Waals surface area contributed by atoms with Crippen LogP contribution in [0.3, 0.4) is 0 Å². The van der Waals surface area contributed by atoms with Crippen LogP contribution in [0.25, 0.3) is 10.9 Å². The molecule has 4 rings (SSSR count). The zero-order chi connectivity index (χ0) is 26.2. The minimum Gasteiger partial charge on any atom is -0.497 e. The lowest BCUT2D eigenvalue weighted by atomic mass is 10.1. The van der Waals surface area contributed by atoms with Gasteiger partial charge in [-0.2, -0.15) is 0 Å². The summed E-state index contributed by atoms with van der Waals surface area (Å²) in [5.41, 5.74) is 3.23. The maximum Gasteiger partial charge on any atom is 0.255 e.